The Kier molecular flexibility index (Phi) is 3.50. The molecule has 1 aromatic heterocycles. The number of aromatic nitrogens is 2. The van der Waals surface area contributed by atoms with Gasteiger partial charge in [-0.2, -0.15) is 0 Å². The zero-order valence-corrected chi connectivity index (χ0v) is 10.7. The summed E-state index contributed by atoms with van der Waals surface area (Å²) in [6.07, 6.45) is 5.45. The molecular weight excluding hydrogens is 255 g/mol. The van der Waals surface area contributed by atoms with Gasteiger partial charge in [-0.05, 0) is 0 Å². The Labute approximate surface area is 84.0 Å². The molecule has 0 aromatic carbocycles. The second-order valence-electron chi connectivity index (χ2n) is 3.85. The average Bonchev–Trinajstić information content (AvgIpc) is 2.02. The van der Waals surface area contributed by atoms with Crippen LogP contribution < -0.4 is 0 Å². The Morgan fingerprint density at radius 2 is 1.83 bits per heavy atom. The number of nitrogens with zero attached hydrogens (tertiary/aromatic N) is 2. The van der Waals surface area contributed by atoms with Crippen molar-refractivity contribution in [2.45, 2.75) is 28.6 Å². The van der Waals surface area contributed by atoms with Crippen LogP contribution >= 0.6 is 0 Å². The molecule has 2 radical (unpaired) electrons. The summed E-state index contributed by atoms with van der Waals surface area (Å²) in [4.78, 5) is 8.00. The molecule has 12 heavy (non-hydrogen) atoms. The van der Waals surface area contributed by atoms with Gasteiger partial charge in [0.05, 0.1) is 0 Å². The zero-order valence-electron chi connectivity index (χ0n) is 7.83. The molecule has 0 N–H and O–H groups in total. The first-order valence-corrected chi connectivity index (χ1v) is 7.51. The Bertz CT molecular complexity index is 228. The van der Waals surface area contributed by atoms with Crippen LogP contribution in [0.3, 0.4) is 0 Å². The molecule has 1 heterocycles. The third-order valence-corrected chi connectivity index (χ3v) is 6.13. The van der Waals surface area contributed by atoms with Crippen LogP contribution in [0, 0.1) is 0 Å². The Morgan fingerprint density at radius 1 is 1.25 bits per heavy atom. The van der Waals surface area contributed by atoms with E-state index in [0.29, 0.717) is 3.43 Å². The molecule has 2 nitrogen and oxygen atoms in total. The van der Waals surface area contributed by atoms with Gasteiger partial charge in [-0.3, -0.25) is 0 Å². The molecule has 0 saturated heterocycles. The molecule has 3 heteroatoms. The van der Waals surface area contributed by atoms with E-state index in [1.807, 2.05) is 12.4 Å². The number of hydrogen-bond acceptors (Lipinski definition) is 2. The van der Waals surface area contributed by atoms with Gasteiger partial charge in [-0.15, -0.1) is 0 Å². The average molecular weight is 269 g/mol. The van der Waals surface area contributed by atoms with Gasteiger partial charge < -0.3 is 0 Å². The van der Waals surface area contributed by atoms with E-state index in [9.17, 15) is 0 Å². The van der Waals surface area contributed by atoms with Crippen molar-refractivity contribution >= 4 is 21.1 Å². The van der Waals surface area contributed by atoms with Crippen molar-refractivity contribution in [1.82, 2.24) is 9.97 Å². The molecule has 0 aliphatic carbocycles. The van der Waals surface area contributed by atoms with Crippen molar-refractivity contribution < 1.29 is 0 Å². The predicted octanol–water partition coefficient (Wildman–Crippen LogP) is 1.90. The molecule has 64 valence electrons. The van der Waals surface area contributed by atoms with Gasteiger partial charge in [0.25, 0.3) is 0 Å². The topological polar surface area (TPSA) is 25.8 Å². The first kappa shape index (κ1) is 9.96. The molecule has 0 amide bonds. The minimum atomic E-state index is -0.300. The van der Waals surface area contributed by atoms with Crippen LogP contribution in [0.5, 0.6) is 0 Å². The van der Waals surface area contributed by atoms with Gasteiger partial charge in [0.15, 0.2) is 0 Å². The van der Waals surface area contributed by atoms with Gasteiger partial charge in [-0.25, -0.2) is 0 Å². The van der Waals surface area contributed by atoms with Crippen molar-refractivity contribution in [2.75, 3.05) is 0 Å². The Morgan fingerprint density at radius 3 is 2.33 bits per heavy atom. The third kappa shape index (κ3) is 4.04. The molecule has 0 fully saturated rings. The first-order valence-electron chi connectivity index (χ1n) is 4.07. The normalized spacial score (nSPS) is 11.6. The molecule has 0 spiro atoms. The summed E-state index contributed by atoms with van der Waals surface area (Å²) < 4.78 is 1.81. The van der Waals surface area contributed by atoms with Gasteiger partial charge in [-0.1, -0.05) is 0 Å². The molecule has 0 aliphatic rings. The van der Waals surface area contributed by atoms with Gasteiger partial charge >= 0.3 is 84.0 Å². The van der Waals surface area contributed by atoms with Crippen LogP contribution in [-0.4, -0.2) is 31.1 Å². The van der Waals surface area contributed by atoms with Crippen LogP contribution in [-0.2, 0) is 4.44 Å². The van der Waals surface area contributed by atoms with Crippen LogP contribution in [0.2, 0.25) is 3.43 Å². The fourth-order valence-electron chi connectivity index (χ4n) is 0.788. The molecule has 1 aromatic rings. The van der Waals surface area contributed by atoms with E-state index in [1.165, 1.54) is 10.0 Å². The monoisotopic (exact) mass is 270 g/mol. The van der Waals surface area contributed by atoms with Crippen molar-refractivity contribution in [3.05, 3.63) is 24.3 Å². The Hall–Kier alpha value is -0.121. The summed E-state index contributed by atoms with van der Waals surface area (Å²) in [5.74, 6) is 0. The van der Waals surface area contributed by atoms with Crippen molar-refractivity contribution in [1.29, 1.82) is 0 Å². The Balaban J connectivity index is 2.44. The van der Waals surface area contributed by atoms with E-state index in [1.54, 1.807) is 6.33 Å². The summed E-state index contributed by atoms with van der Waals surface area (Å²) in [7, 11) is 0. The van der Waals surface area contributed by atoms with E-state index in [0.717, 1.165) is 0 Å². The van der Waals surface area contributed by atoms with E-state index in [-0.39, 0.29) is 21.1 Å². The van der Waals surface area contributed by atoms with Crippen molar-refractivity contribution in [3.8, 4) is 0 Å². The van der Waals surface area contributed by atoms with Gasteiger partial charge in [0.1, 0.15) is 0 Å². The fourth-order valence-corrected chi connectivity index (χ4v) is 3.41. The summed E-state index contributed by atoms with van der Waals surface area (Å²) in [6, 6.07) is 0. The number of hydrogen-bond donors (Lipinski definition) is 0. The van der Waals surface area contributed by atoms with Crippen molar-refractivity contribution in [2.24, 2.45) is 0 Å². The number of rotatable bonds is 2. The van der Waals surface area contributed by atoms with Crippen LogP contribution in [0.1, 0.15) is 26.3 Å². The molecular formula is C9H14N2Sn. The van der Waals surface area contributed by atoms with Crippen molar-refractivity contribution in [3.63, 3.8) is 0 Å². The summed E-state index contributed by atoms with van der Waals surface area (Å²) in [5, 5.41) is 0. The first-order chi connectivity index (χ1) is 5.58. The maximum atomic E-state index is 4.00. The standard InChI is InChI=1S/C5H5N2.C4H9.Sn/c1-5-2-6-4-7-3-5;1-4(2)3;/h2-4H,1H2;1-3H3;. The van der Waals surface area contributed by atoms with Crippen LogP contribution in [0.15, 0.2) is 18.7 Å². The molecule has 0 atom stereocenters. The van der Waals surface area contributed by atoms with E-state index in [4.69, 9.17) is 0 Å². The van der Waals surface area contributed by atoms with Gasteiger partial charge in [0.2, 0.25) is 0 Å². The molecule has 1 rings (SSSR count). The molecule has 0 saturated carbocycles. The van der Waals surface area contributed by atoms with E-state index < -0.39 is 0 Å². The molecule has 0 bridgehead atoms. The summed E-state index contributed by atoms with van der Waals surface area (Å²) >= 11 is -0.300. The van der Waals surface area contributed by atoms with Crippen LogP contribution in [0.25, 0.3) is 0 Å². The SMILES string of the molecule is C[C](C)(C)[Sn][CH2]c1cncnc1. The maximum absolute atomic E-state index is 4.00. The zero-order chi connectivity index (χ0) is 9.03. The molecule has 0 unspecified atom stereocenters. The third-order valence-electron chi connectivity index (χ3n) is 1.44. The van der Waals surface area contributed by atoms with Gasteiger partial charge in [0, 0.05) is 0 Å². The second kappa shape index (κ2) is 4.21. The minimum absolute atomic E-state index is 0.300. The van der Waals surface area contributed by atoms with E-state index in [2.05, 4.69) is 30.7 Å². The van der Waals surface area contributed by atoms with E-state index >= 15 is 0 Å². The van der Waals surface area contributed by atoms with Crippen LogP contribution in [0.4, 0.5) is 0 Å². The summed E-state index contributed by atoms with van der Waals surface area (Å²) in [5.41, 5.74) is 1.30. The quantitative estimate of drug-likeness (QED) is 0.766. The summed E-state index contributed by atoms with van der Waals surface area (Å²) in [6.45, 7) is 6.97. The second-order valence-corrected chi connectivity index (χ2v) is 10.1. The predicted molar refractivity (Wildman–Crippen MR) is 51.2 cm³/mol. The molecule has 0 aliphatic heterocycles. The fraction of sp³-hybridized carbons (Fsp3) is 0.556.